The summed E-state index contributed by atoms with van der Waals surface area (Å²) >= 11 is 6.04. The van der Waals surface area contributed by atoms with E-state index in [9.17, 15) is 9.59 Å². The Labute approximate surface area is 127 Å². The number of ether oxygens (including phenoxy) is 2. The maximum Gasteiger partial charge on any atom is 0.330 e. The zero-order chi connectivity index (χ0) is 15.2. The highest BCUT2D eigenvalue weighted by Gasteiger charge is 2.19. The highest BCUT2D eigenvalue weighted by Crippen LogP contribution is 2.33. The number of hydrogen-bond donors (Lipinski definition) is 1. The molecule has 1 aromatic rings. The molecule has 0 aromatic heterocycles. The van der Waals surface area contributed by atoms with Gasteiger partial charge in [0, 0.05) is 29.6 Å². The molecule has 1 N–H and O–H groups in total. The normalized spacial score (nSPS) is 12.9. The van der Waals surface area contributed by atoms with E-state index in [-0.39, 0.29) is 18.9 Å². The Morgan fingerprint density at radius 2 is 2.29 bits per heavy atom. The molecular formula is C15H16ClNO4. The molecule has 1 heterocycles. The van der Waals surface area contributed by atoms with Crippen LogP contribution in [-0.2, 0) is 27.2 Å². The fraction of sp³-hybridized carbons (Fsp3) is 0.333. The van der Waals surface area contributed by atoms with Crippen LogP contribution in [0, 0.1) is 0 Å². The third kappa shape index (κ3) is 4.23. The molecule has 5 nitrogen and oxygen atoms in total. The van der Waals surface area contributed by atoms with Gasteiger partial charge in [-0.2, -0.15) is 0 Å². The Kier molecular flexibility index (Phi) is 5.22. The van der Waals surface area contributed by atoms with Gasteiger partial charge in [-0.1, -0.05) is 17.7 Å². The molecular weight excluding hydrogens is 294 g/mol. The molecule has 0 saturated heterocycles. The van der Waals surface area contributed by atoms with Gasteiger partial charge in [-0.25, -0.2) is 4.79 Å². The zero-order valence-electron chi connectivity index (χ0n) is 11.6. The van der Waals surface area contributed by atoms with Crippen molar-refractivity contribution in [2.45, 2.75) is 12.8 Å². The van der Waals surface area contributed by atoms with E-state index in [0.29, 0.717) is 11.6 Å². The summed E-state index contributed by atoms with van der Waals surface area (Å²) < 4.78 is 9.99. The third-order valence-corrected chi connectivity index (χ3v) is 3.27. The monoisotopic (exact) mass is 309 g/mol. The summed E-state index contributed by atoms with van der Waals surface area (Å²) in [6.45, 7) is 0.879. The minimum Gasteiger partial charge on any atom is -0.493 e. The van der Waals surface area contributed by atoms with Gasteiger partial charge in [0.1, 0.15) is 5.75 Å². The minimum absolute atomic E-state index is 0.163. The van der Waals surface area contributed by atoms with Crippen molar-refractivity contribution in [1.29, 1.82) is 0 Å². The van der Waals surface area contributed by atoms with Crippen molar-refractivity contribution >= 4 is 23.5 Å². The summed E-state index contributed by atoms with van der Waals surface area (Å²) in [6.07, 6.45) is 3.80. The SMILES string of the molecule is COC(=O)/C=C/CNC(=O)Cc1cc(Cl)cc2c1OCC2. The van der Waals surface area contributed by atoms with Crippen molar-refractivity contribution in [3.05, 3.63) is 40.4 Å². The molecule has 112 valence electrons. The largest absolute Gasteiger partial charge is 0.493 e. The van der Waals surface area contributed by atoms with Crippen LogP contribution in [0.5, 0.6) is 5.75 Å². The fourth-order valence-electron chi connectivity index (χ4n) is 2.11. The van der Waals surface area contributed by atoms with Crippen molar-refractivity contribution in [3.8, 4) is 5.75 Å². The van der Waals surface area contributed by atoms with Crippen molar-refractivity contribution in [1.82, 2.24) is 5.32 Å². The lowest BCUT2D eigenvalue weighted by molar-refractivity contribution is -0.134. The number of carbonyl (C=O) groups is 2. The molecule has 1 aliphatic heterocycles. The van der Waals surface area contributed by atoms with E-state index in [0.717, 1.165) is 23.3 Å². The summed E-state index contributed by atoms with van der Waals surface area (Å²) in [6, 6.07) is 3.61. The summed E-state index contributed by atoms with van der Waals surface area (Å²) in [5.74, 6) is 0.148. The first kappa shape index (κ1) is 15.4. The molecule has 0 unspecified atom stereocenters. The van der Waals surface area contributed by atoms with Crippen molar-refractivity contribution in [2.24, 2.45) is 0 Å². The standard InChI is InChI=1S/C15H16ClNO4/c1-20-14(19)3-2-5-17-13(18)9-11-8-12(16)7-10-4-6-21-15(10)11/h2-3,7-8H,4-6,9H2,1H3,(H,17,18)/b3-2+. The smallest absolute Gasteiger partial charge is 0.330 e. The molecule has 1 aromatic carbocycles. The van der Waals surface area contributed by atoms with E-state index in [1.165, 1.54) is 19.3 Å². The number of halogens is 1. The van der Waals surface area contributed by atoms with Gasteiger partial charge in [-0.05, 0) is 17.7 Å². The van der Waals surface area contributed by atoms with Crippen LogP contribution in [0.1, 0.15) is 11.1 Å². The molecule has 0 atom stereocenters. The first-order valence-corrected chi connectivity index (χ1v) is 6.93. The molecule has 1 aliphatic rings. The number of fused-ring (bicyclic) bond motifs is 1. The van der Waals surface area contributed by atoms with E-state index in [2.05, 4.69) is 10.1 Å². The molecule has 0 bridgehead atoms. The maximum atomic E-state index is 11.9. The van der Waals surface area contributed by atoms with E-state index < -0.39 is 5.97 Å². The quantitative estimate of drug-likeness (QED) is 0.664. The number of rotatable bonds is 5. The lowest BCUT2D eigenvalue weighted by atomic mass is 10.1. The average Bonchev–Trinajstić information content (AvgIpc) is 2.91. The molecule has 1 amide bonds. The second-order valence-electron chi connectivity index (χ2n) is 4.56. The van der Waals surface area contributed by atoms with E-state index >= 15 is 0 Å². The second-order valence-corrected chi connectivity index (χ2v) is 4.99. The first-order valence-electron chi connectivity index (χ1n) is 6.55. The molecule has 0 spiro atoms. The van der Waals surface area contributed by atoms with Crippen LogP contribution < -0.4 is 10.1 Å². The van der Waals surface area contributed by atoms with Gasteiger partial charge in [0.15, 0.2) is 0 Å². The lowest BCUT2D eigenvalue weighted by Gasteiger charge is -2.09. The van der Waals surface area contributed by atoms with Crippen LogP contribution in [0.25, 0.3) is 0 Å². The fourth-order valence-corrected chi connectivity index (χ4v) is 2.37. The molecule has 0 fully saturated rings. The maximum absolute atomic E-state index is 11.9. The molecule has 21 heavy (non-hydrogen) atoms. The number of benzene rings is 1. The van der Waals surface area contributed by atoms with Crippen molar-refractivity contribution in [3.63, 3.8) is 0 Å². The van der Waals surface area contributed by atoms with Crippen LogP contribution in [-0.4, -0.2) is 32.1 Å². The number of amides is 1. The third-order valence-electron chi connectivity index (χ3n) is 3.05. The van der Waals surface area contributed by atoms with Gasteiger partial charge >= 0.3 is 5.97 Å². The minimum atomic E-state index is -0.453. The Morgan fingerprint density at radius 1 is 1.48 bits per heavy atom. The first-order chi connectivity index (χ1) is 10.1. The predicted molar refractivity (Wildman–Crippen MR) is 78.5 cm³/mol. The number of methoxy groups -OCH3 is 1. The Morgan fingerprint density at radius 3 is 3.05 bits per heavy atom. The van der Waals surface area contributed by atoms with Crippen LogP contribution in [0.2, 0.25) is 5.02 Å². The van der Waals surface area contributed by atoms with E-state index in [1.54, 1.807) is 6.07 Å². The summed E-state index contributed by atoms with van der Waals surface area (Å²) in [4.78, 5) is 22.7. The van der Waals surface area contributed by atoms with Gasteiger partial charge in [-0.3, -0.25) is 4.79 Å². The number of carbonyl (C=O) groups excluding carboxylic acids is 2. The van der Waals surface area contributed by atoms with Crippen LogP contribution in [0.4, 0.5) is 0 Å². The summed E-state index contributed by atoms with van der Waals surface area (Å²) in [5, 5.41) is 3.29. The van der Waals surface area contributed by atoms with Gasteiger partial charge in [0.05, 0.1) is 20.1 Å². The highest BCUT2D eigenvalue weighted by atomic mass is 35.5. The molecule has 0 aliphatic carbocycles. The van der Waals surface area contributed by atoms with Gasteiger partial charge in [0.25, 0.3) is 0 Å². The van der Waals surface area contributed by atoms with Crippen LogP contribution in [0.3, 0.4) is 0 Å². The zero-order valence-corrected chi connectivity index (χ0v) is 12.4. The Hall–Kier alpha value is -2.01. The van der Waals surface area contributed by atoms with Crippen molar-refractivity contribution in [2.75, 3.05) is 20.3 Å². The van der Waals surface area contributed by atoms with Gasteiger partial charge in [0.2, 0.25) is 5.91 Å². The van der Waals surface area contributed by atoms with Crippen LogP contribution >= 0.6 is 11.6 Å². The number of esters is 1. The molecule has 2 rings (SSSR count). The summed E-state index contributed by atoms with van der Waals surface area (Å²) in [7, 11) is 1.30. The average molecular weight is 310 g/mol. The number of nitrogens with one attached hydrogen (secondary N) is 1. The van der Waals surface area contributed by atoms with E-state index in [4.69, 9.17) is 16.3 Å². The van der Waals surface area contributed by atoms with Crippen LogP contribution in [0.15, 0.2) is 24.3 Å². The Balaban J connectivity index is 1.92. The lowest BCUT2D eigenvalue weighted by Crippen LogP contribution is -2.25. The van der Waals surface area contributed by atoms with Crippen molar-refractivity contribution < 1.29 is 19.1 Å². The van der Waals surface area contributed by atoms with Gasteiger partial charge < -0.3 is 14.8 Å². The predicted octanol–water partition coefficient (Wildman–Crippen LogP) is 1.66. The Bertz CT molecular complexity index is 583. The molecule has 0 radical (unpaired) electrons. The highest BCUT2D eigenvalue weighted by molar-refractivity contribution is 6.30. The van der Waals surface area contributed by atoms with E-state index in [1.807, 2.05) is 6.07 Å². The summed E-state index contributed by atoms with van der Waals surface area (Å²) in [5.41, 5.74) is 1.82. The topological polar surface area (TPSA) is 64.6 Å². The number of hydrogen-bond acceptors (Lipinski definition) is 4. The molecule has 0 saturated carbocycles. The second kappa shape index (κ2) is 7.13. The van der Waals surface area contributed by atoms with Gasteiger partial charge in [-0.15, -0.1) is 0 Å². The molecule has 6 heteroatoms.